The first-order valence-corrected chi connectivity index (χ1v) is 9.64. The number of aromatic nitrogens is 2. The maximum atomic E-state index is 2.49. The molecule has 0 saturated heterocycles. The van der Waals surface area contributed by atoms with E-state index >= 15 is 0 Å². The molecule has 0 bridgehead atoms. The van der Waals surface area contributed by atoms with Crippen LogP contribution in [-0.4, -0.2) is 0 Å². The van der Waals surface area contributed by atoms with Gasteiger partial charge in [-0.1, -0.05) is 36.4 Å². The second-order valence-corrected chi connectivity index (χ2v) is 8.40. The van der Waals surface area contributed by atoms with Crippen molar-refractivity contribution in [1.29, 1.82) is 0 Å². The lowest BCUT2D eigenvalue weighted by Gasteiger charge is -2.04. The van der Waals surface area contributed by atoms with Gasteiger partial charge in [0.1, 0.15) is 6.16 Å². The summed E-state index contributed by atoms with van der Waals surface area (Å²) >= 11 is 0. The fraction of sp³-hybridized carbons (Fsp3) is 0.300. The van der Waals surface area contributed by atoms with Crippen molar-refractivity contribution >= 4 is 7.85 Å². The van der Waals surface area contributed by atoms with Gasteiger partial charge in [-0.25, -0.2) is 0 Å². The fourth-order valence-corrected chi connectivity index (χ4v) is 5.74. The third-order valence-corrected chi connectivity index (χ3v) is 6.69. The third-order valence-electron chi connectivity index (χ3n) is 4.47. The van der Waals surface area contributed by atoms with Crippen LogP contribution in [-0.2, 0) is 6.16 Å². The van der Waals surface area contributed by atoms with Crippen molar-refractivity contribution in [3.05, 3.63) is 71.0 Å². The van der Waals surface area contributed by atoms with Crippen molar-refractivity contribution in [2.24, 2.45) is 0 Å². The van der Waals surface area contributed by atoms with Crippen LogP contribution in [0.15, 0.2) is 48.8 Å². The van der Waals surface area contributed by atoms with Crippen molar-refractivity contribution in [1.82, 2.24) is 0 Å². The summed E-state index contributed by atoms with van der Waals surface area (Å²) in [5.41, 5.74) is 8.12. The highest BCUT2D eigenvalue weighted by molar-refractivity contribution is 7.33. The zero-order valence-electron chi connectivity index (χ0n) is 14.7. The van der Waals surface area contributed by atoms with Crippen molar-refractivity contribution in [3.63, 3.8) is 0 Å². The van der Waals surface area contributed by atoms with E-state index in [1.54, 1.807) is 0 Å². The van der Waals surface area contributed by atoms with Crippen LogP contribution in [0.25, 0.3) is 11.4 Å². The van der Waals surface area contributed by atoms with Crippen molar-refractivity contribution in [3.8, 4) is 11.4 Å². The summed E-state index contributed by atoms with van der Waals surface area (Å²) in [5, 5.41) is 0. The molecule has 0 radical (unpaired) electrons. The van der Waals surface area contributed by atoms with Crippen LogP contribution >= 0.6 is 7.85 Å². The number of benzene rings is 2. The third kappa shape index (κ3) is 2.72. The number of rotatable bonds is 3. The lowest BCUT2D eigenvalue weighted by atomic mass is 10.1. The number of aryl methyl sites for hydroxylation is 4. The van der Waals surface area contributed by atoms with Crippen LogP contribution in [0, 0.1) is 27.7 Å². The van der Waals surface area contributed by atoms with E-state index in [0.717, 1.165) is 6.16 Å². The fourth-order valence-electron chi connectivity index (χ4n) is 3.40. The molecule has 0 aliphatic carbocycles. The molecule has 118 valence electrons. The van der Waals surface area contributed by atoms with E-state index in [2.05, 4.69) is 92.1 Å². The van der Waals surface area contributed by atoms with Gasteiger partial charge in [0.2, 0.25) is 23.8 Å². The van der Waals surface area contributed by atoms with Gasteiger partial charge < -0.3 is 0 Å². The Bertz CT molecular complexity index is 753. The Morgan fingerprint density at radius 2 is 1.04 bits per heavy atom. The Morgan fingerprint density at radius 1 is 0.696 bits per heavy atom. The van der Waals surface area contributed by atoms with E-state index in [1.165, 1.54) is 33.6 Å². The summed E-state index contributed by atoms with van der Waals surface area (Å²) in [5.74, 6) is 0. The van der Waals surface area contributed by atoms with Gasteiger partial charge in [-0.2, -0.15) is 0 Å². The molecule has 2 aromatic carbocycles. The minimum Gasteiger partial charge on any atom is -0.100 e. The largest absolute Gasteiger partial charge is 0.411 e. The van der Waals surface area contributed by atoms with Gasteiger partial charge >= 0.3 is 7.85 Å². The van der Waals surface area contributed by atoms with E-state index in [9.17, 15) is 0 Å². The van der Waals surface area contributed by atoms with Gasteiger partial charge in [0.15, 0.2) is 0 Å². The maximum Gasteiger partial charge on any atom is 0.411 e. The smallest absolute Gasteiger partial charge is 0.100 e. The van der Waals surface area contributed by atoms with Crippen molar-refractivity contribution in [2.75, 3.05) is 0 Å². The van der Waals surface area contributed by atoms with Crippen LogP contribution in [0.2, 0.25) is 0 Å². The summed E-state index contributed by atoms with van der Waals surface area (Å²) in [6.45, 7) is 11.1. The van der Waals surface area contributed by atoms with Gasteiger partial charge in [0.05, 0.1) is 0 Å². The highest BCUT2D eigenvalue weighted by Gasteiger charge is 2.31. The topological polar surface area (TPSA) is 7.76 Å². The average Bonchev–Trinajstić information content (AvgIpc) is 2.90. The predicted octanol–water partition coefficient (Wildman–Crippen LogP) is 4.48. The van der Waals surface area contributed by atoms with E-state index in [4.69, 9.17) is 0 Å². The molecular formula is C20H25N2P+2. The first-order valence-electron chi connectivity index (χ1n) is 8.21. The molecule has 0 fully saturated rings. The number of nitrogens with zero attached hydrogens (tertiary/aromatic N) is 2. The minimum absolute atomic E-state index is 0.432. The Hall–Kier alpha value is -1.92. The van der Waals surface area contributed by atoms with E-state index < -0.39 is 7.85 Å². The molecule has 0 atom stereocenters. The molecule has 3 rings (SSSR count). The Balaban J connectivity index is 2.27. The van der Waals surface area contributed by atoms with Gasteiger partial charge in [-0.15, -0.1) is 8.66 Å². The predicted molar refractivity (Wildman–Crippen MR) is 96.8 cm³/mol. The molecule has 0 unspecified atom stereocenters. The van der Waals surface area contributed by atoms with Gasteiger partial charge in [0, 0.05) is 22.3 Å². The first-order chi connectivity index (χ1) is 11.0. The molecule has 0 spiro atoms. The van der Waals surface area contributed by atoms with Gasteiger partial charge in [0.25, 0.3) is 0 Å². The molecule has 3 heteroatoms. The molecule has 23 heavy (non-hydrogen) atoms. The van der Waals surface area contributed by atoms with Gasteiger partial charge in [-0.3, -0.25) is 0 Å². The zero-order chi connectivity index (χ0) is 16.6. The van der Waals surface area contributed by atoms with E-state index in [-0.39, 0.29) is 0 Å². The SMILES string of the molecule is CCp1[n+](-c2c(C)cccc2C)cc[n+]1-c1c(C)cccc1C. The first kappa shape index (κ1) is 16.0. The van der Waals surface area contributed by atoms with Crippen LogP contribution < -0.4 is 8.66 Å². The second-order valence-electron chi connectivity index (χ2n) is 6.16. The van der Waals surface area contributed by atoms with Crippen LogP contribution in [0.3, 0.4) is 0 Å². The van der Waals surface area contributed by atoms with Crippen LogP contribution in [0.5, 0.6) is 0 Å². The Labute approximate surface area is 140 Å². The van der Waals surface area contributed by atoms with Crippen LogP contribution in [0.4, 0.5) is 0 Å². The van der Waals surface area contributed by atoms with E-state index in [0.29, 0.717) is 0 Å². The Kier molecular flexibility index (Phi) is 4.37. The molecule has 1 aromatic heterocycles. The molecule has 0 aliphatic heterocycles. The normalized spacial score (nSPS) is 11.0. The quantitative estimate of drug-likeness (QED) is 0.671. The molecule has 0 amide bonds. The van der Waals surface area contributed by atoms with E-state index in [1.807, 2.05) is 0 Å². The Morgan fingerprint density at radius 3 is 1.35 bits per heavy atom. The molecule has 0 N–H and O–H groups in total. The summed E-state index contributed by atoms with van der Waals surface area (Å²) < 4.78 is 4.98. The number of hydrogen-bond donors (Lipinski definition) is 0. The lowest BCUT2D eigenvalue weighted by molar-refractivity contribution is -0.571. The summed E-state index contributed by atoms with van der Waals surface area (Å²) in [7, 11) is -0.432. The monoisotopic (exact) mass is 324 g/mol. The standard InChI is InChI=1S/C20H25N2P/c1-6-23-21(19-15(2)9-7-10-16(19)3)13-14-22(23)20-17(4)11-8-12-18(20)5/h7-14H,6H2,1-5H3/q+2. The molecule has 3 aromatic rings. The molecule has 0 saturated carbocycles. The highest BCUT2D eigenvalue weighted by Crippen LogP contribution is 2.25. The second kappa shape index (κ2) is 6.29. The summed E-state index contributed by atoms with van der Waals surface area (Å²) in [6.07, 6.45) is 5.65. The summed E-state index contributed by atoms with van der Waals surface area (Å²) in [4.78, 5) is 0. The lowest BCUT2D eigenvalue weighted by Crippen LogP contribution is -2.35. The number of hydrogen-bond acceptors (Lipinski definition) is 0. The molecule has 0 aliphatic rings. The van der Waals surface area contributed by atoms with Crippen molar-refractivity contribution in [2.45, 2.75) is 40.8 Å². The van der Waals surface area contributed by atoms with Crippen molar-refractivity contribution < 1.29 is 8.66 Å². The zero-order valence-corrected chi connectivity index (χ0v) is 15.6. The molecular weight excluding hydrogens is 299 g/mol. The van der Waals surface area contributed by atoms with Crippen LogP contribution in [0.1, 0.15) is 29.2 Å². The minimum atomic E-state index is -0.432. The van der Waals surface area contributed by atoms with Gasteiger partial charge in [-0.05, 0) is 34.6 Å². The molecule has 1 heterocycles. The number of para-hydroxylation sites is 2. The maximum absolute atomic E-state index is 2.49. The highest BCUT2D eigenvalue weighted by atomic mass is 31.1. The average molecular weight is 324 g/mol. The molecule has 2 nitrogen and oxygen atoms in total. The summed E-state index contributed by atoms with van der Waals surface area (Å²) in [6, 6.07) is 13.1.